The van der Waals surface area contributed by atoms with Crippen molar-refractivity contribution < 1.29 is 19.4 Å². The first-order valence-corrected chi connectivity index (χ1v) is 7.00. The third-order valence-corrected chi connectivity index (χ3v) is 3.43. The minimum Gasteiger partial charge on any atom is -0.480 e. The minimum absolute atomic E-state index is 0.0140. The lowest BCUT2D eigenvalue weighted by atomic mass is 9.97. The number of benzene rings is 1. The standard InChI is InChI=1S/C14H18BrNO4/c1-9(10-3-5-11(15)6-4-10)7-13(17)16-12(8-20-2)14(18)19/h3-6,9,12H,7-8H2,1-2H3,(H,16,17)(H,18,19). The van der Waals surface area contributed by atoms with Gasteiger partial charge in [-0.25, -0.2) is 4.79 Å². The van der Waals surface area contributed by atoms with E-state index in [9.17, 15) is 9.59 Å². The van der Waals surface area contributed by atoms with Gasteiger partial charge < -0.3 is 15.2 Å². The molecule has 1 amide bonds. The summed E-state index contributed by atoms with van der Waals surface area (Å²) in [5.41, 5.74) is 1.03. The number of carboxylic acid groups (broad SMARTS) is 1. The Morgan fingerprint density at radius 1 is 1.35 bits per heavy atom. The zero-order chi connectivity index (χ0) is 15.1. The normalized spacial score (nSPS) is 13.6. The van der Waals surface area contributed by atoms with Crippen LogP contribution in [-0.4, -0.2) is 36.7 Å². The molecular weight excluding hydrogens is 326 g/mol. The van der Waals surface area contributed by atoms with E-state index in [1.54, 1.807) is 0 Å². The van der Waals surface area contributed by atoms with E-state index in [1.165, 1.54) is 7.11 Å². The zero-order valence-corrected chi connectivity index (χ0v) is 13.0. The van der Waals surface area contributed by atoms with Gasteiger partial charge in [0.05, 0.1) is 6.61 Å². The van der Waals surface area contributed by atoms with Gasteiger partial charge in [0.15, 0.2) is 6.04 Å². The van der Waals surface area contributed by atoms with Gasteiger partial charge in [0.25, 0.3) is 0 Å². The minimum atomic E-state index is -1.10. The molecule has 0 spiro atoms. The summed E-state index contributed by atoms with van der Waals surface area (Å²) in [6.07, 6.45) is 0.231. The molecule has 0 aliphatic rings. The van der Waals surface area contributed by atoms with Crippen LogP contribution >= 0.6 is 15.9 Å². The maximum Gasteiger partial charge on any atom is 0.328 e. The molecule has 1 aromatic rings. The van der Waals surface area contributed by atoms with Crippen LogP contribution in [0.1, 0.15) is 24.8 Å². The molecular formula is C14H18BrNO4. The first-order valence-electron chi connectivity index (χ1n) is 6.20. The predicted octanol–water partition coefficient (Wildman–Crippen LogP) is 2.16. The number of carboxylic acids is 1. The number of carbonyl (C=O) groups excluding carboxylic acids is 1. The second-order valence-corrected chi connectivity index (χ2v) is 5.49. The molecule has 0 fully saturated rings. The Balaban J connectivity index is 2.56. The Labute approximate surface area is 126 Å². The fourth-order valence-electron chi connectivity index (χ4n) is 1.78. The molecule has 6 heteroatoms. The lowest BCUT2D eigenvalue weighted by Gasteiger charge is -2.16. The van der Waals surface area contributed by atoms with Crippen LogP contribution in [0.25, 0.3) is 0 Å². The van der Waals surface area contributed by atoms with E-state index in [0.29, 0.717) is 0 Å². The molecule has 0 radical (unpaired) electrons. The van der Waals surface area contributed by atoms with Gasteiger partial charge >= 0.3 is 5.97 Å². The molecule has 110 valence electrons. The molecule has 0 aromatic heterocycles. The Morgan fingerprint density at radius 2 is 1.95 bits per heavy atom. The summed E-state index contributed by atoms with van der Waals surface area (Å²) in [4.78, 5) is 22.8. The maximum atomic E-state index is 11.8. The Kier molecular flexibility index (Phi) is 6.67. The quantitative estimate of drug-likeness (QED) is 0.795. The van der Waals surface area contributed by atoms with Gasteiger partial charge in [-0.3, -0.25) is 4.79 Å². The van der Waals surface area contributed by atoms with Crippen molar-refractivity contribution in [2.45, 2.75) is 25.3 Å². The van der Waals surface area contributed by atoms with Gasteiger partial charge in [-0.2, -0.15) is 0 Å². The highest BCUT2D eigenvalue weighted by molar-refractivity contribution is 9.10. The van der Waals surface area contributed by atoms with Crippen molar-refractivity contribution in [3.05, 3.63) is 34.3 Å². The lowest BCUT2D eigenvalue weighted by molar-refractivity contribution is -0.143. The number of nitrogens with one attached hydrogen (secondary N) is 1. The van der Waals surface area contributed by atoms with Gasteiger partial charge in [-0.05, 0) is 23.6 Å². The highest BCUT2D eigenvalue weighted by Crippen LogP contribution is 2.21. The summed E-state index contributed by atoms with van der Waals surface area (Å²) in [5, 5.41) is 11.4. The molecule has 0 saturated heterocycles. The molecule has 0 aliphatic carbocycles. The Morgan fingerprint density at radius 3 is 2.45 bits per heavy atom. The maximum absolute atomic E-state index is 11.8. The van der Waals surface area contributed by atoms with E-state index in [2.05, 4.69) is 21.2 Å². The number of hydrogen-bond acceptors (Lipinski definition) is 3. The van der Waals surface area contributed by atoms with E-state index in [-0.39, 0.29) is 24.9 Å². The van der Waals surface area contributed by atoms with Gasteiger partial charge in [-0.15, -0.1) is 0 Å². The SMILES string of the molecule is COCC(NC(=O)CC(C)c1ccc(Br)cc1)C(=O)O. The molecule has 2 unspecified atom stereocenters. The van der Waals surface area contributed by atoms with Crippen LogP contribution in [0.5, 0.6) is 0 Å². The fourth-order valence-corrected chi connectivity index (χ4v) is 2.05. The van der Waals surface area contributed by atoms with Crippen molar-refractivity contribution in [1.29, 1.82) is 0 Å². The van der Waals surface area contributed by atoms with Crippen LogP contribution in [0, 0.1) is 0 Å². The third-order valence-electron chi connectivity index (χ3n) is 2.90. The molecule has 0 heterocycles. The van der Waals surface area contributed by atoms with Crippen LogP contribution in [-0.2, 0) is 14.3 Å². The summed E-state index contributed by atoms with van der Waals surface area (Å²) < 4.78 is 5.74. The van der Waals surface area contributed by atoms with Crippen LogP contribution in [0.3, 0.4) is 0 Å². The number of ether oxygens (including phenoxy) is 1. The number of rotatable bonds is 7. The molecule has 0 bridgehead atoms. The first kappa shape index (κ1) is 16.7. The first-order chi connectivity index (χ1) is 9.43. The van der Waals surface area contributed by atoms with Crippen LogP contribution in [0.15, 0.2) is 28.7 Å². The highest BCUT2D eigenvalue weighted by atomic mass is 79.9. The second-order valence-electron chi connectivity index (χ2n) is 4.57. The van der Waals surface area contributed by atoms with Gasteiger partial charge in [0, 0.05) is 18.0 Å². The van der Waals surface area contributed by atoms with E-state index < -0.39 is 12.0 Å². The van der Waals surface area contributed by atoms with Crippen LogP contribution in [0.2, 0.25) is 0 Å². The summed E-state index contributed by atoms with van der Waals surface area (Å²) >= 11 is 3.35. The smallest absolute Gasteiger partial charge is 0.328 e. The number of methoxy groups -OCH3 is 1. The number of hydrogen-bond donors (Lipinski definition) is 2. The molecule has 2 N–H and O–H groups in total. The van der Waals surface area contributed by atoms with Crippen LogP contribution in [0.4, 0.5) is 0 Å². The Hall–Kier alpha value is -1.40. The fraction of sp³-hybridized carbons (Fsp3) is 0.429. The molecule has 20 heavy (non-hydrogen) atoms. The van der Waals surface area contributed by atoms with Crippen molar-refractivity contribution >= 4 is 27.8 Å². The second kappa shape index (κ2) is 8.01. The Bertz CT molecular complexity index is 461. The number of carbonyl (C=O) groups is 2. The van der Waals surface area contributed by atoms with Crippen LogP contribution < -0.4 is 5.32 Å². The van der Waals surface area contributed by atoms with E-state index in [4.69, 9.17) is 9.84 Å². The summed E-state index contributed by atoms with van der Waals surface area (Å²) in [6.45, 7) is 1.88. The molecule has 0 aliphatic heterocycles. The largest absolute Gasteiger partial charge is 0.480 e. The van der Waals surface area contributed by atoms with E-state index >= 15 is 0 Å². The molecule has 0 saturated carbocycles. The average molecular weight is 344 g/mol. The van der Waals surface area contributed by atoms with Gasteiger partial charge in [-0.1, -0.05) is 35.0 Å². The molecule has 5 nitrogen and oxygen atoms in total. The predicted molar refractivity (Wildman–Crippen MR) is 78.6 cm³/mol. The number of amides is 1. The van der Waals surface area contributed by atoms with Crippen molar-refractivity contribution in [3.63, 3.8) is 0 Å². The van der Waals surface area contributed by atoms with Gasteiger partial charge in [0.2, 0.25) is 5.91 Å². The summed E-state index contributed by atoms with van der Waals surface area (Å²) in [7, 11) is 1.40. The molecule has 1 aromatic carbocycles. The summed E-state index contributed by atoms with van der Waals surface area (Å²) in [6, 6.07) is 6.69. The zero-order valence-electron chi connectivity index (χ0n) is 11.4. The van der Waals surface area contributed by atoms with Gasteiger partial charge in [0.1, 0.15) is 0 Å². The number of aliphatic carboxylic acids is 1. The monoisotopic (exact) mass is 343 g/mol. The van der Waals surface area contributed by atoms with E-state index in [1.807, 2.05) is 31.2 Å². The van der Waals surface area contributed by atoms with Crippen molar-refractivity contribution in [1.82, 2.24) is 5.32 Å². The summed E-state index contributed by atoms with van der Waals surface area (Å²) in [5.74, 6) is -1.39. The van der Waals surface area contributed by atoms with Crippen molar-refractivity contribution in [2.75, 3.05) is 13.7 Å². The van der Waals surface area contributed by atoms with Crippen molar-refractivity contribution in [3.8, 4) is 0 Å². The molecule has 1 rings (SSSR count). The third kappa shape index (κ3) is 5.30. The highest BCUT2D eigenvalue weighted by Gasteiger charge is 2.21. The van der Waals surface area contributed by atoms with Crippen molar-refractivity contribution in [2.24, 2.45) is 0 Å². The molecule has 2 atom stereocenters. The average Bonchev–Trinajstić information content (AvgIpc) is 2.38. The van der Waals surface area contributed by atoms with E-state index in [0.717, 1.165) is 10.0 Å². The lowest BCUT2D eigenvalue weighted by Crippen LogP contribution is -2.44. The topological polar surface area (TPSA) is 75.6 Å². The number of halogens is 1.